The number of halogens is 1. The van der Waals surface area contributed by atoms with Gasteiger partial charge in [-0.15, -0.1) is 0 Å². The van der Waals surface area contributed by atoms with Crippen LogP contribution in [0.3, 0.4) is 0 Å². The molecule has 146 valence electrons. The highest BCUT2D eigenvalue weighted by Gasteiger charge is 2.33. The van der Waals surface area contributed by atoms with Gasteiger partial charge in [0.1, 0.15) is 5.69 Å². The zero-order valence-electron chi connectivity index (χ0n) is 15.6. The molecular formula is C20H23ClN6O. The van der Waals surface area contributed by atoms with Crippen molar-refractivity contribution in [1.29, 1.82) is 0 Å². The zero-order chi connectivity index (χ0) is 18.7. The fraction of sp³-hybridized carbons (Fsp3) is 0.500. The molecule has 0 amide bonds. The Hall–Kier alpha value is -2.09. The summed E-state index contributed by atoms with van der Waals surface area (Å²) in [5, 5.41) is 14.5. The van der Waals surface area contributed by atoms with E-state index in [2.05, 4.69) is 37.4 Å². The number of anilines is 1. The Balaban J connectivity index is 1.35. The lowest BCUT2D eigenvalue weighted by atomic mass is 9.99. The van der Waals surface area contributed by atoms with E-state index in [0.717, 1.165) is 60.0 Å². The number of aromatic nitrogens is 4. The highest BCUT2D eigenvalue weighted by atomic mass is 35.5. The second-order valence-electron chi connectivity index (χ2n) is 8.03. The van der Waals surface area contributed by atoms with Crippen molar-refractivity contribution >= 4 is 28.2 Å². The maximum Gasteiger partial charge on any atom is 0.103 e. The lowest BCUT2D eigenvalue weighted by Crippen LogP contribution is -2.57. The number of hydrogen-bond donors (Lipinski definition) is 1. The molecule has 2 saturated heterocycles. The van der Waals surface area contributed by atoms with Gasteiger partial charge in [-0.3, -0.25) is 4.68 Å². The molecule has 0 bridgehead atoms. The normalized spacial score (nSPS) is 25.2. The van der Waals surface area contributed by atoms with Crippen LogP contribution in [0.15, 0.2) is 30.7 Å². The molecule has 6 rings (SSSR count). The van der Waals surface area contributed by atoms with Gasteiger partial charge < -0.3 is 15.0 Å². The van der Waals surface area contributed by atoms with Crippen molar-refractivity contribution in [2.45, 2.75) is 37.5 Å². The minimum Gasteiger partial charge on any atom is -0.373 e. The van der Waals surface area contributed by atoms with Gasteiger partial charge in [0.05, 0.1) is 53.6 Å². The number of piperidine rings is 1. The Morgan fingerprint density at radius 1 is 1.14 bits per heavy atom. The summed E-state index contributed by atoms with van der Waals surface area (Å²) in [4.78, 5) is 2.35. The maximum absolute atomic E-state index is 6.67. The van der Waals surface area contributed by atoms with Crippen LogP contribution in [-0.4, -0.2) is 57.9 Å². The molecule has 3 aliphatic rings. The van der Waals surface area contributed by atoms with E-state index in [-0.39, 0.29) is 6.10 Å². The quantitative estimate of drug-likeness (QED) is 0.735. The first-order valence-corrected chi connectivity index (χ1v) is 10.5. The van der Waals surface area contributed by atoms with Crippen molar-refractivity contribution in [2.24, 2.45) is 0 Å². The summed E-state index contributed by atoms with van der Waals surface area (Å²) in [5.74, 6) is 0. The number of nitrogens with one attached hydrogen (secondary N) is 1. The summed E-state index contributed by atoms with van der Waals surface area (Å²) in [6.07, 6.45) is 9.57. The molecule has 1 saturated carbocycles. The van der Waals surface area contributed by atoms with E-state index in [9.17, 15) is 0 Å². The van der Waals surface area contributed by atoms with Crippen LogP contribution in [-0.2, 0) is 4.74 Å². The molecule has 2 atom stereocenters. The van der Waals surface area contributed by atoms with Gasteiger partial charge in [-0.1, -0.05) is 11.6 Å². The van der Waals surface area contributed by atoms with Crippen LogP contribution in [0.25, 0.3) is 16.6 Å². The SMILES string of the molecule is Clc1cc2cnn(-c3cnn(C4CC4)c3)c2cc1N1CC[C@@H]2NCCO[C@H]2C1. The minimum atomic E-state index is 0.218. The van der Waals surface area contributed by atoms with Crippen LogP contribution in [0.5, 0.6) is 0 Å². The van der Waals surface area contributed by atoms with Crippen molar-refractivity contribution in [3.8, 4) is 5.69 Å². The summed E-state index contributed by atoms with van der Waals surface area (Å²) in [7, 11) is 0. The number of nitrogens with zero attached hydrogens (tertiary/aromatic N) is 5. The zero-order valence-corrected chi connectivity index (χ0v) is 16.3. The van der Waals surface area contributed by atoms with E-state index in [4.69, 9.17) is 16.3 Å². The summed E-state index contributed by atoms with van der Waals surface area (Å²) < 4.78 is 10.0. The summed E-state index contributed by atoms with van der Waals surface area (Å²) in [6, 6.07) is 5.19. The molecule has 2 aromatic heterocycles. The molecule has 0 unspecified atom stereocenters. The summed E-state index contributed by atoms with van der Waals surface area (Å²) >= 11 is 6.67. The molecule has 8 heteroatoms. The van der Waals surface area contributed by atoms with Gasteiger partial charge in [-0.2, -0.15) is 10.2 Å². The molecule has 1 aliphatic carbocycles. The van der Waals surface area contributed by atoms with E-state index < -0.39 is 0 Å². The minimum absolute atomic E-state index is 0.218. The van der Waals surface area contributed by atoms with Gasteiger partial charge >= 0.3 is 0 Å². The molecule has 4 heterocycles. The maximum atomic E-state index is 6.67. The lowest BCUT2D eigenvalue weighted by Gasteiger charge is -2.42. The average Bonchev–Trinajstić information content (AvgIpc) is 3.31. The van der Waals surface area contributed by atoms with Gasteiger partial charge in [0.2, 0.25) is 0 Å². The summed E-state index contributed by atoms with van der Waals surface area (Å²) in [5.41, 5.74) is 3.10. The number of morpholine rings is 1. The number of ether oxygens (including phenoxy) is 1. The topological polar surface area (TPSA) is 60.1 Å². The molecular weight excluding hydrogens is 376 g/mol. The van der Waals surface area contributed by atoms with Gasteiger partial charge in [0.25, 0.3) is 0 Å². The van der Waals surface area contributed by atoms with Crippen molar-refractivity contribution in [3.63, 3.8) is 0 Å². The van der Waals surface area contributed by atoms with E-state index in [1.165, 1.54) is 12.8 Å². The third kappa shape index (κ3) is 2.80. The van der Waals surface area contributed by atoms with Crippen molar-refractivity contribution in [3.05, 3.63) is 35.7 Å². The fourth-order valence-electron chi connectivity index (χ4n) is 4.45. The molecule has 28 heavy (non-hydrogen) atoms. The molecule has 0 radical (unpaired) electrons. The van der Waals surface area contributed by atoms with E-state index in [1.807, 2.05) is 23.1 Å². The number of rotatable bonds is 3. The molecule has 2 aliphatic heterocycles. The Morgan fingerprint density at radius 3 is 2.96 bits per heavy atom. The van der Waals surface area contributed by atoms with Crippen LogP contribution >= 0.6 is 11.6 Å². The van der Waals surface area contributed by atoms with Crippen LogP contribution in [0, 0.1) is 0 Å². The van der Waals surface area contributed by atoms with E-state index >= 15 is 0 Å². The van der Waals surface area contributed by atoms with Crippen LogP contribution in [0.1, 0.15) is 25.3 Å². The highest BCUT2D eigenvalue weighted by molar-refractivity contribution is 6.34. The van der Waals surface area contributed by atoms with Crippen LogP contribution in [0.4, 0.5) is 5.69 Å². The van der Waals surface area contributed by atoms with E-state index in [0.29, 0.717) is 12.1 Å². The molecule has 1 N–H and O–H groups in total. The van der Waals surface area contributed by atoms with Gasteiger partial charge in [0, 0.05) is 31.1 Å². The third-order valence-corrected chi connectivity index (χ3v) is 6.43. The van der Waals surface area contributed by atoms with Crippen molar-refractivity contribution in [1.82, 2.24) is 24.9 Å². The number of benzene rings is 1. The molecule has 3 aromatic rings. The Bertz CT molecular complexity index is 1030. The predicted molar refractivity (Wildman–Crippen MR) is 108 cm³/mol. The third-order valence-electron chi connectivity index (χ3n) is 6.13. The smallest absolute Gasteiger partial charge is 0.103 e. The second-order valence-corrected chi connectivity index (χ2v) is 8.44. The predicted octanol–water partition coefficient (Wildman–Crippen LogP) is 2.78. The number of fused-ring (bicyclic) bond motifs is 2. The number of hydrogen-bond acceptors (Lipinski definition) is 5. The first-order valence-electron chi connectivity index (χ1n) is 10.1. The Labute approximate surface area is 168 Å². The van der Waals surface area contributed by atoms with Gasteiger partial charge in [-0.25, -0.2) is 4.68 Å². The molecule has 3 fully saturated rings. The first kappa shape index (κ1) is 16.8. The molecule has 0 spiro atoms. The summed E-state index contributed by atoms with van der Waals surface area (Å²) in [6.45, 7) is 3.55. The molecule has 1 aromatic carbocycles. The van der Waals surface area contributed by atoms with Crippen molar-refractivity contribution < 1.29 is 4.74 Å². The van der Waals surface area contributed by atoms with Crippen LogP contribution < -0.4 is 10.2 Å². The van der Waals surface area contributed by atoms with Gasteiger partial charge in [-0.05, 0) is 31.4 Å². The standard InChI is InChI=1S/C20H23ClN6O/c21-16-7-13-9-24-27(15-10-23-26(11-15)14-1-2-14)18(13)8-19(16)25-5-3-17-20(12-25)28-6-4-22-17/h7-11,14,17,20,22H,1-6,12H2/t17-,20-/m0/s1. The Morgan fingerprint density at radius 2 is 2.07 bits per heavy atom. The molecule has 7 nitrogen and oxygen atoms in total. The van der Waals surface area contributed by atoms with Crippen molar-refractivity contribution in [2.75, 3.05) is 31.1 Å². The largest absolute Gasteiger partial charge is 0.373 e. The lowest BCUT2D eigenvalue weighted by molar-refractivity contribution is -0.00902. The van der Waals surface area contributed by atoms with Gasteiger partial charge in [0.15, 0.2) is 0 Å². The van der Waals surface area contributed by atoms with E-state index in [1.54, 1.807) is 0 Å². The first-order chi connectivity index (χ1) is 13.8. The Kier molecular flexibility index (Phi) is 3.89. The fourth-order valence-corrected chi connectivity index (χ4v) is 4.74. The van der Waals surface area contributed by atoms with Crippen LogP contribution in [0.2, 0.25) is 5.02 Å². The average molecular weight is 399 g/mol. The second kappa shape index (κ2) is 6.47. The monoisotopic (exact) mass is 398 g/mol. The highest BCUT2D eigenvalue weighted by Crippen LogP contribution is 2.36.